The van der Waals surface area contributed by atoms with Crippen LogP contribution < -0.4 is 4.90 Å². The van der Waals surface area contributed by atoms with Crippen LogP contribution in [0.5, 0.6) is 0 Å². The third-order valence-electron chi connectivity index (χ3n) is 4.96. The van der Waals surface area contributed by atoms with E-state index in [1.165, 1.54) is 6.08 Å². The SMILES string of the molecule is CN(C)c1ccc(CN(C(=O)/C=C/c2ccccc2)[C@@H]2CCS(=O)(=O)C2)cc1. The van der Waals surface area contributed by atoms with Gasteiger partial charge in [-0.3, -0.25) is 4.79 Å². The Kier molecular flexibility index (Phi) is 6.19. The fourth-order valence-electron chi connectivity index (χ4n) is 3.33. The summed E-state index contributed by atoms with van der Waals surface area (Å²) < 4.78 is 23.9. The van der Waals surface area contributed by atoms with E-state index in [1.54, 1.807) is 11.0 Å². The molecular weight excluding hydrogens is 372 g/mol. The van der Waals surface area contributed by atoms with Crippen molar-refractivity contribution in [2.24, 2.45) is 0 Å². The molecule has 0 N–H and O–H groups in total. The second kappa shape index (κ2) is 8.61. The highest BCUT2D eigenvalue weighted by molar-refractivity contribution is 7.91. The molecule has 0 bridgehead atoms. The maximum atomic E-state index is 12.9. The molecule has 2 aromatic rings. The molecule has 2 aromatic carbocycles. The molecule has 0 aromatic heterocycles. The van der Waals surface area contributed by atoms with E-state index in [0.29, 0.717) is 13.0 Å². The average molecular weight is 399 g/mol. The van der Waals surface area contributed by atoms with Crippen molar-refractivity contribution < 1.29 is 13.2 Å². The Morgan fingerprint density at radius 2 is 1.75 bits per heavy atom. The third-order valence-corrected chi connectivity index (χ3v) is 6.71. The van der Waals surface area contributed by atoms with E-state index in [0.717, 1.165) is 16.8 Å². The monoisotopic (exact) mass is 398 g/mol. The van der Waals surface area contributed by atoms with E-state index in [9.17, 15) is 13.2 Å². The zero-order valence-electron chi connectivity index (χ0n) is 16.3. The van der Waals surface area contributed by atoms with Crippen LogP contribution in [0.25, 0.3) is 6.08 Å². The lowest BCUT2D eigenvalue weighted by Crippen LogP contribution is -2.39. The molecule has 1 heterocycles. The Bertz CT molecular complexity index is 936. The van der Waals surface area contributed by atoms with Crippen LogP contribution in [-0.2, 0) is 21.2 Å². The van der Waals surface area contributed by atoms with Crippen molar-refractivity contribution in [2.45, 2.75) is 19.0 Å². The average Bonchev–Trinajstić information content (AvgIpc) is 3.05. The summed E-state index contributed by atoms with van der Waals surface area (Å²) in [5.41, 5.74) is 3.00. The summed E-state index contributed by atoms with van der Waals surface area (Å²) in [6, 6.07) is 17.3. The highest BCUT2D eigenvalue weighted by atomic mass is 32.2. The first-order chi connectivity index (χ1) is 13.3. The van der Waals surface area contributed by atoms with Gasteiger partial charge in [-0.1, -0.05) is 42.5 Å². The Balaban J connectivity index is 1.80. The molecule has 0 radical (unpaired) electrons. The smallest absolute Gasteiger partial charge is 0.247 e. The van der Waals surface area contributed by atoms with Crippen LogP contribution >= 0.6 is 0 Å². The summed E-state index contributed by atoms with van der Waals surface area (Å²) in [6.45, 7) is 0.395. The molecule has 0 spiro atoms. The van der Waals surface area contributed by atoms with Crippen LogP contribution in [0.2, 0.25) is 0 Å². The van der Waals surface area contributed by atoms with E-state index in [1.807, 2.05) is 73.6 Å². The number of hydrogen-bond donors (Lipinski definition) is 0. The minimum Gasteiger partial charge on any atom is -0.378 e. The number of nitrogens with zero attached hydrogens (tertiary/aromatic N) is 2. The molecular formula is C22H26N2O3S. The van der Waals surface area contributed by atoms with E-state index in [-0.39, 0.29) is 23.5 Å². The number of anilines is 1. The molecule has 5 nitrogen and oxygen atoms in total. The Morgan fingerprint density at radius 3 is 2.32 bits per heavy atom. The van der Waals surface area contributed by atoms with E-state index in [4.69, 9.17) is 0 Å². The lowest BCUT2D eigenvalue weighted by molar-refractivity contribution is -0.128. The standard InChI is InChI=1S/C22H26N2O3S/c1-23(2)20-11-8-19(9-12-20)16-24(21-14-15-28(26,27)17-21)22(25)13-10-18-6-4-3-5-7-18/h3-13,21H,14-17H2,1-2H3/b13-10+/t21-/m1/s1. The van der Waals surface area contributed by atoms with Crippen LogP contribution in [0.1, 0.15) is 17.5 Å². The van der Waals surface area contributed by atoms with Crippen LogP contribution in [-0.4, -0.2) is 50.9 Å². The number of benzene rings is 2. The van der Waals surface area contributed by atoms with E-state index in [2.05, 4.69) is 0 Å². The van der Waals surface area contributed by atoms with Crippen molar-refractivity contribution in [1.82, 2.24) is 4.90 Å². The summed E-state index contributed by atoms with van der Waals surface area (Å²) in [7, 11) is 0.874. The van der Waals surface area contributed by atoms with Gasteiger partial charge in [0.25, 0.3) is 0 Å². The quantitative estimate of drug-likeness (QED) is 0.702. The number of hydrogen-bond acceptors (Lipinski definition) is 4. The van der Waals surface area contributed by atoms with Gasteiger partial charge in [0.05, 0.1) is 11.5 Å². The molecule has 3 rings (SSSR count). The van der Waals surface area contributed by atoms with Crippen molar-refractivity contribution in [1.29, 1.82) is 0 Å². The van der Waals surface area contributed by atoms with Gasteiger partial charge < -0.3 is 9.80 Å². The zero-order valence-corrected chi connectivity index (χ0v) is 17.1. The van der Waals surface area contributed by atoms with Crippen molar-refractivity contribution in [3.63, 3.8) is 0 Å². The van der Waals surface area contributed by atoms with Gasteiger partial charge in [0.2, 0.25) is 5.91 Å². The molecule has 0 aliphatic carbocycles. The molecule has 6 heteroatoms. The summed E-state index contributed by atoms with van der Waals surface area (Å²) >= 11 is 0. The fraction of sp³-hybridized carbons (Fsp3) is 0.318. The van der Waals surface area contributed by atoms with Gasteiger partial charge in [-0.2, -0.15) is 0 Å². The summed E-state index contributed by atoms with van der Waals surface area (Å²) in [4.78, 5) is 16.6. The number of amides is 1. The van der Waals surface area contributed by atoms with Gasteiger partial charge in [0.15, 0.2) is 9.84 Å². The van der Waals surface area contributed by atoms with Gasteiger partial charge in [-0.25, -0.2) is 8.42 Å². The molecule has 1 atom stereocenters. The Labute approximate surface area is 167 Å². The first-order valence-electron chi connectivity index (χ1n) is 9.34. The molecule has 1 saturated heterocycles. The van der Waals surface area contributed by atoms with E-state index >= 15 is 0 Å². The second-order valence-corrected chi connectivity index (χ2v) is 9.56. The molecule has 0 saturated carbocycles. The fourth-order valence-corrected chi connectivity index (χ4v) is 5.06. The lowest BCUT2D eigenvalue weighted by Gasteiger charge is -2.27. The molecule has 1 amide bonds. The van der Waals surface area contributed by atoms with Crippen molar-refractivity contribution in [3.8, 4) is 0 Å². The first kappa shape index (κ1) is 20.1. The van der Waals surface area contributed by atoms with Gasteiger partial charge in [0, 0.05) is 38.4 Å². The molecule has 0 unspecified atom stereocenters. The van der Waals surface area contributed by atoms with Gasteiger partial charge in [-0.05, 0) is 35.8 Å². The zero-order chi connectivity index (χ0) is 20.1. The molecule has 28 heavy (non-hydrogen) atoms. The van der Waals surface area contributed by atoms with E-state index < -0.39 is 9.84 Å². The van der Waals surface area contributed by atoms with Gasteiger partial charge in [-0.15, -0.1) is 0 Å². The molecule has 148 valence electrons. The van der Waals surface area contributed by atoms with Crippen LogP contribution in [0.15, 0.2) is 60.7 Å². The number of rotatable bonds is 6. The first-order valence-corrected chi connectivity index (χ1v) is 11.2. The number of sulfone groups is 1. The van der Waals surface area contributed by atoms with Gasteiger partial charge >= 0.3 is 0 Å². The Morgan fingerprint density at radius 1 is 1.07 bits per heavy atom. The largest absolute Gasteiger partial charge is 0.378 e. The maximum Gasteiger partial charge on any atom is 0.247 e. The normalized spacial score (nSPS) is 18.3. The second-order valence-electron chi connectivity index (χ2n) is 7.33. The maximum absolute atomic E-state index is 12.9. The topological polar surface area (TPSA) is 57.7 Å². The number of carbonyl (C=O) groups is 1. The summed E-state index contributed by atoms with van der Waals surface area (Å²) in [6.07, 6.45) is 3.80. The van der Waals surface area contributed by atoms with Crippen molar-refractivity contribution >= 4 is 27.5 Å². The van der Waals surface area contributed by atoms with Gasteiger partial charge in [0.1, 0.15) is 0 Å². The summed E-state index contributed by atoms with van der Waals surface area (Å²) in [5, 5.41) is 0. The highest BCUT2D eigenvalue weighted by Crippen LogP contribution is 2.22. The lowest BCUT2D eigenvalue weighted by atomic mass is 10.1. The minimum atomic E-state index is -3.08. The third kappa shape index (κ3) is 5.23. The highest BCUT2D eigenvalue weighted by Gasteiger charge is 2.34. The predicted octanol–water partition coefficient (Wildman–Crippen LogP) is 2.98. The van der Waals surface area contributed by atoms with Crippen LogP contribution in [0, 0.1) is 0 Å². The molecule has 1 aliphatic rings. The van der Waals surface area contributed by atoms with Crippen LogP contribution in [0.3, 0.4) is 0 Å². The molecule has 1 fully saturated rings. The Hall–Kier alpha value is -2.60. The predicted molar refractivity (Wildman–Crippen MR) is 114 cm³/mol. The van der Waals surface area contributed by atoms with Crippen molar-refractivity contribution in [2.75, 3.05) is 30.5 Å². The van der Waals surface area contributed by atoms with Crippen LogP contribution in [0.4, 0.5) is 5.69 Å². The summed E-state index contributed by atoms with van der Waals surface area (Å²) in [5.74, 6) is 0.0135. The number of carbonyl (C=O) groups excluding carboxylic acids is 1. The van der Waals surface area contributed by atoms with Crippen molar-refractivity contribution in [3.05, 3.63) is 71.8 Å². The molecule has 1 aliphatic heterocycles. The minimum absolute atomic E-state index is 0.0354.